The number of halogens is 1. The smallest absolute Gasteiger partial charge is 0.124 e. The summed E-state index contributed by atoms with van der Waals surface area (Å²) in [4.78, 5) is 0. The lowest BCUT2D eigenvalue weighted by Gasteiger charge is -2.09. The van der Waals surface area contributed by atoms with Crippen molar-refractivity contribution in [2.45, 2.75) is 13.3 Å². The van der Waals surface area contributed by atoms with E-state index in [0.29, 0.717) is 6.61 Å². The van der Waals surface area contributed by atoms with Gasteiger partial charge in [-0.15, -0.1) is 0 Å². The van der Waals surface area contributed by atoms with Gasteiger partial charge in [-0.05, 0) is 31.0 Å². The van der Waals surface area contributed by atoms with Crippen LogP contribution >= 0.6 is 18.7 Å². The quantitative estimate of drug-likeness (QED) is 0.711. The Labute approximate surface area is 97.2 Å². The van der Waals surface area contributed by atoms with E-state index in [2.05, 4.69) is 6.07 Å². The lowest BCUT2D eigenvalue weighted by molar-refractivity contribution is 0.385. The van der Waals surface area contributed by atoms with Gasteiger partial charge in [0.1, 0.15) is 13.3 Å². The van der Waals surface area contributed by atoms with Crippen molar-refractivity contribution < 1.29 is 9.26 Å². The molecule has 0 spiro atoms. The average molecular weight is 247 g/mol. The molecule has 0 aromatic heterocycles. The maximum Gasteiger partial charge on any atom is 0.124 e. The summed E-state index contributed by atoms with van der Waals surface area (Å²) in [7, 11) is 0.888. The first-order chi connectivity index (χ1) is 7.26. The lowest BCUT2D eigenvalue weighted by Crippen LogP contribution is -1.92. The van der Waals surface area contributed by atoms with Crippen LogP contribution in [0.4, 0.5) is 0 Å². The Morgan fingerprint density at radius 2 is 2.20 bits per heavy atom. The molecule has 2 nitrogen and oxygen atoms in total. The third-order valence-electron chi connectivity index (χ3n) is 1.98. The van der Waals surface area contributed by atoms with Gasteiger partial charge in [0.2, 0.25) is 0 Å². The third-order valence-corrected chi connectivity index (χ3v) is 3.89. The first-order valence-corrected chi connectivity index (χ1v) is 7.30. The van der Waals surface area contributed by atoms with Crippen molar-refractivity contribution in [2.24, 2.45) is 0 Å². The van der Waals surface area contributed by atoms with Gasteiger partial charge >= 0.3 is 0 Å². The van der Waals surface area contributed by atoms with Crippen LogP contribution in [-0.4, -0.2) is 19.9 Å². The van der Waals surface area contributed by atoms with E-state index in [-0.39, 0.29) is 0 Å². The third kappa shape index (κ3) is 4.83. The summed E-state index contributed by atoms with van der Waals surface area (Å²) in [6.45, 7) is 2.65. The SMILES string of the molecule is CCOP(Cl)CCc1cccc(OC)c1. The molecule has 1 rings (SSSR count). The summed E-state index contributed by atoms with van der Waals surface area (Å²) in [6.07, 6.45) is 1.82. The van der Waals surface area contributed by atoms with E-state index in [1.54, 1.807) is 7.11 Å². The minimum Gasteiger partial charge on any atom is -0.497 e. The molecule has 4 heteroatoms. The molecule has 0 saturated carbocycles. The predicted octanol–water partition coefficient (Wildman–Crippen LogP) is 3.82. The normalized spacial score (nSPS) is 12.5. The average Bonchev–Trinajstić information content (AvgIpc) is 2.27. The van der Waals surface area contributed by atoms with E-state index in [9.17, 15) is 0 Å². The molecule has 1 atom stereocenters. The Kier molecular flexibility index (Phi) is 6.00. The van der Waals surface area contributed by atoms with Crippen molar-refractivity contribution in [1.29, 1.82) is 0 Å². The first-order valence-electron chi connectivity index (χ1n) is 4.95. The molecule has 0 fully saturated rings. The summed E-state index contributed by atoms with van der Waals surface area (Å²) in [5.41, 5.74) is 1.24. The van der Waals surface area contributed by atoms with Crippen molar-refractivity contribution in [1.82, 2.24) is 0 Å². The molecule has 0 amide bonds. The van der Waals surface area contributed by atoms with Crippen molar-refractivity contribution in [2.75, 3.05) is 19.9 Å². The largest absolute Gasteiger partial charge is 0.497 e. The van der Waals surface area contributed by atoms with Gasteiger partial charge in [-0.2, -0.15) is 0 Å². The van der Waals surface area contributed by atoms with Crippen LogP contribution in [0.3, 0.4) is 0 Å². The summed E-state index contributed by atoms with van der Waals surface area (Å²) in [5.74, 6) is 0.891. The first kappa shape index (κ1) is 12.8. The molecule has 1 unspecified atom stereocenters. The standard InChI is InChI=1S/C11H16ClO2P/c1-3-14-15(12)8-7-10-5-4-6-11(9-10)13-2/h4-6,9H,3,7-8H2,1-2H3. The summed E-state index contributed by atoms with van der Waals surface area (Å²) in [6, 6.07) is 8.04. The molecule has 1 aromatic carbocycles. The molecule has 0 radical (unpaired) electrons. The second-order valence-electron chi connectivity index (χ2n) is 3.06. The second-order valence-corrected chi connectivity index (χ2v) is 5.53. The Morgan fingerprint density at radius 3 is 2.87 bits per heavy atom. The molecule has 0 saturated heterocycles. The van der Waals surface area contributed by atoms with E-state index >= 15 is 0 Å². The van der Waals surface area contributed by atoms with Crippen LogP contribution in [0.15, 0.2) is 24.3 Å². The van der Waals surface area contributed by atoms with Crippen LogP contribution in [0.25, 0.3) is 0 Å². The van der Waals surface area contributed by atoms with Gasteiger partial charge in [-0.25, -0.2) is 0 Å². The van der Waals surface area contributed by atoms with Gasteiger partial charge in [0.05, 0.1) is 7.11 Å². The minimum absolute atomic E-state index is 0.688. The number of benzene rings is 1. The Balaban J connectivity index is 2.43. The maximum atomic E-state index is 6.02. The summed E-state index contributed by atoms with van der Waals surface area (Å²) in [5, 5.41) is 0. The zero-order chi connectivity index (χ0) is 11.1. The van der Waals surface area contributed by atoms with Crippen LogP contribution in [0, 0.1) is 0 Å². The fourth-order valence-electron chi connectivity index (χ4n) is 1.25. The number of hydrogen-bond acceptors (Lipinski definition) is 2. The number of rotatable bonds is 6. The zero-order valence-electron chi connectivity index (χ0n) is 9.07. The molecule has 0 bridgehead atoms. The molecule has 1 aromatic rings. The summed E-state index contributed by atoms with van der Waals surface area (Å²) < 4.78 is 10.5. The molecule has 0 N–H and O–H groups in total. The van der Waals surface area contributed by atoms with Crippen molar-refractivity contribution in [3.8, 4) is 5.75 Å². The van der Waals surface area contributed by atoms with Crippen LogP contribution in [0.2, 0.25) is 0 Å². The highest BCUT2D eigenvalue weighted by Crippen LogP contribution is 2.42. The number of aryl methyl sites for hydroxylation is 1. The Hall–Kier alpha value is -0.300. The Morgan fingerprint density at radius 1 is 1.40 bits per heavy atom. The predicted molar refractivity (Wildman–Crippen MR) is 66.0 cm³/mol. The topological polar surface area (TPSA) is 18.5 Å². The fraction of sp³-hybridized carbons (Fsp3) is 0.455. The van der Waals surface area contributed by atoms with Crippen molar-refractivity contribution in [3.05, 3.63) is 29.8 Å². The van der Waals surface area contributed by atoms with Gasteiger partial charge in [-0.3, -0.25) is 0 Å². The molecule has 84 valence electrons. The highest BCUT2D eigenvalue weighted by atomic mass is 35.7. The monoisotopic (exact) mass is 246 g/mol. The highest BCUT2D eigenvalue weighted by Gasteiger charge is 2.04. The van der Waals surface area contributed by atoms with Crippen LogP contribution in [0.1, 0.15) is 12.5 Å². The van der Waals surface area contributed by atoms with E-state index < -0.39 is 7.50 Å². The van der Waals surface area contributed by atoms with Crippen molar-refractivity contribution in [3.63, 3.8) is 0 Å². The minimum atomic E-state index is -0.787. The molecule has 0 aliphatic heterocycles. The van der Waals surface area contributed by atoms with E-state index in [4.69, 9.17) is 20.5 Å². The zero-order valence-corrected chi connectivity index (χ0v) is 10.7. The molecule has 15 heavy (non-hydrogen) atoms. The van der Waals surface area contributed by atoms with Gasteiger partial charge in [0, 0.05) is 12.8 Å². The Bertz CT molecular complexity index is 294. The van der Waals surface area contributed by atoms with Crippen LogP contribution < -0.4 is 4.74 Å². The van der Waals surface area contributed by atoms with Crippen molar-refractivity contribution >= 4 is 18.7 Å². The molecule has 0 aliphatic carbocycles. The van der Waals surface area contributed by atoms with Crippen LogP contribution in [-0.2, 0) is 10.9 Å². The number of hydrogen-bond donors (Lipinski definition) is 0. The fourth-order valence-corrected chi connectivity index (χ4v) is 2.64. The molecular weight excluding hydrogens is 231 g/mol. The van der Waals surface area contributed by atoms with E-state index in [1.165, 1.54) is 5.56 Å². The second kappa shape index (κ2) is 7.05. The molecule has 0 aliphatic rings. The molecular formula is C11H16ClO2P. The number of methoxy groups -OCH3 is 1. The van der Waals surface area contributed by atoms with Gasteiger partial charge in [0.25, 0.3) is 0 Å². The van der Waals surface area contributed by atoms with E-state index in [1.807, 2.05) is 25.1 Å². The molecule has 0 heterocycles. The number of ether oxygens (including phenoxy) is 1. The highest BCUT2D eigenvalue weighted by molar-refractivity contribution is 7.80. The van der Waals surface area contributed by atoms with Gasteiger partial charge in [-0.1, -0.05) is 23.4 Å². The van der Waals surface area contributed by atoms with E-state index in [0.717, 1.165) is 18.3 Å². The van der Waals surface area contributed by atoms with Gasteiger partial charge in [0.15, 0.2) is 0 Å². The van der Waals surface area contributed by atoms with Crippen LogP contribution in [0.5, 0.6) is 5.75 Å². The summed E-state index contributed by atoms with van der Waals surface area (Å²) >= 11 is 6.02. The van der Waals surface area contributed by atoms with Gasteiger partial charge < -0.3 is 9.26 Å². The lowest BCUT2D eigenvalue weighted by atomic mass is 10.2. The maximum absolute atomic E-state index is 6.02.